The molecule has 0 aliphatic rings. The average molecular weight is 289 g/mol. The van der Waals surface area contributed by atoms with Crippen LogP contribution in [0.5, 0.6) is 0 Å². The predicted octanol–water partition coefficient (Wildman–Crippen LogP) is 3.14. The van der Waals surface area contributed by atoms with Crippen LogP contribution in [0.4, 0.5) is 0 Å². The van der Waals surface area contributed by atoms with E-state index in [2.05, 4.69) is 6.92 Å². The molecule has 0 saturated carbocycles. The van der Waals surface area contributed by atoms with Crippen molar-refractivity contribution < 1.29 is 14.2 Å². The minimum atomic E-state index is 0.571. The van der Waals surface area contributed by atoms with E-state index in [4.69, 9.17) is 19.9 Å². The molecule has 0 aromatic carbocycles. The quantitative estimate of drug-likeness (QED) is 0.418. The van der Waals surface area contributed by atoms with Gasteiger partial charge in [-0.1, -0.05) is 51.9 Å². The summed E-state index contributed by atoms with van der Waals surface area (Å²) in [6.45, 7) is 6.89. The Hall–Kier alpha value is -0.160. The molecule has 4 nitrogen and oxygen atoms in total. The van der Waals surface area contributed by atoms with E-state index < -0.39 is 0 Å². The summed E-state index contributed by atoms with van der Waals surface area (Å²) in [4.78, 5) is 0. The lowest BCUT2D eigenvalue weighted by Crippen LogP contribution is -2.13. The SMILES string of the molecule is CCCCCCCCCCOCCOCCOCCN. The Balaban J connectivity index is 2.89. The molecule has 122 valence electrons. The fourth-order valence-electron chi connectivity index (χ4n) is 1.96. The van der Waals surface area contributed by atoms with Gasteiger partial charge in [0, 0.05) is 13.2 Å². The van der Waals surface area contributed by atoms with Crippen LogP contribution in [0, 0.1) is 0 Å². The smallest absolute Gasteiger partial charge is 0.0701 e. The van der Waals surface area contributed by atoms with Crippen LogP contribution in [0.2, 0.25) is 0 Å². The molecule has 0 radical (unpaired) electrons. The lowest BCUT2D eigenvalue weighted by Gasteiger charge is -2.06. The Morgan fingerprint density at radius 1 is 0.550 bits per heavy atom. The van der Waals surface area contributed by atoms with Gasteiger partial charge in [0.25, 0.3) is 0 Å². The van der Waals surface area contributed by atoms with Crippen LogP contribution in [-0.4, -0.2) is 46.2 Å². The number of unbranched alkanes of at least 4 members (excludes halogenated alkanes) is 7. The van der Waals surface area contributed by atoms with Gasteiger partial charge >= 0.3 is 0 Å². The number of hydrogen-bond acceptors (Lipinski definition) is 4. The summed E-state index contributed by atoms with van der Waals surface area (Å²) < 4.78 is 16.1. The van der Waals surface area contributed by atoms with Crippen LogP contribution >= 0.6 is 0 Å². The Morgan fingerprint density at radius 3 is 1.55 bits per heavy atom. The fourth-order valence-corrected chi connectivity index (χ4v) is 1.96. The zero-order valence-corrected chi connectivity index (χ0v) is 13.4. The first-order valence-electron chi connectivity index (χ1n) is 8.35. The van der Waals surface area contributed by atoms with Gasteiger partial charge < -0.3 is 19.9 Å². The molecule has 0 aliphatic carbocycles. The van der Waals surface area contributed by atoms with Crippen LogP contribution in [-0.2, 0) is 14.2 Å². The average Bonchev–Trinajstić information content (AvgIpc) is 2.47. The van der Waals surface area contributed by atoms with Gasteiger partial charge in [-0.25, -0.2) is 0 Å². The van der Waals surface area contributed by atoms with Crippen LogP contribution in [0.1, 0.15) is 58.3 Å². The zero-order valence-electron chi connectivity index (χ0n) is 13.4. The lowest BCUT2D eigenvalue weighted by atomic mass is 10.1. The van der Waals surface area contributed by atoms with Gasteiger partial charge in [0.15, 0.2) is 0 Å². The van der Waals surface area contributed by atoms with Gasteiger partial charge in [0.1, 0.15) is 0 Å². The number of nitrogens with two attached hydrogens (primary N) is 1. The molecule has 0 rings (SSSR count). The second-order valence-corrected chi connectivity index (χ2v) is 5.10. The van der Waals surface area contributed by atoms with E-state index in [0.29, 0.717) is 39.6 Å². The summed E-state index contributed by atoms with van der Waals surface area (Å²) in [5.41, 5.74) is 5.30. The van der Waals surface area contributed by atoms with E-state index in [0.717, 1.165) is 6.61 Å². The van der Waals surface area contributed by atoms with E-state index in [-0.39, 0.29) is 0 Å². The van der Waals surface area contributed by atoms with Crippen LogP contribution in [0.3, 0.4) is 0 Å². The molecular weight excluding hydrogens is 254 g/mol. The van der Waals surface area contributed by atoms with Crippen molar-refractivity contribution in [2.75, 3.05) is 46.2 Å². The molecular formula is C16H35NO3. The third kappa shape index (κ3) is 17.8. The topological polar surface area (TPSA) is 53.7 Å². The van der Waals surface area contributed by atoms with Crippen molar-refractivity contribution >= 4 is 0 Å². The predicted molar refractivity (Wildman–Crippen MR) is 84.1 cm³/mol. The van der Waals surface area contributed by atoms with E-state index in [1.807, 2.05) is 0 Å². The molecule has 0 bridgehead atoms. The number of rotatable bonds is 17. The third-order valence-corrected chi connectivity index (χ3v) is 3.15. The fraction of sp³-hybridized carbons (Fsp3) is 1.00. The van der Waals surface area contributed by atoms with Gasteiger partial charge in [-0.05, 0) is 6.42 Å². The Labute approximate surface area is 125 Å². The molecule has 0 spiro atoms. The van der Waals surface area contributed by atoms with Crippen molar-refractivity contribution in [1.29, 1.82) is 0 Å². The summed E-state index contributed by atoms with van der Waals surface area (Å²) in [6, 6.07) is 0. The van der Waals surface area contributed by atoms with Gasteiger partial charge in [0.2, 0.25) is 0 Å². The van der Waals surface area contributed by atoms with Crippen LogP contribution in [0.15, 0.2) is 0 Å². The highest BCUT2D eigenvalue weighted by Gasteiger charge is 1.93. The van der Waals surface area contributed by atoms with E-state index in [1.54, 1.807) is 0 Å². The molecule has 0 atom stereocenters. The largest absolute Gasteiger partial charge is 0.379 e. The molecule has 0 aromatic heterocycles. The Bertz CT molecular complexity index is 150. The van der Waals surface area contributed by atoms with Crippen LogP contribution in [0.25, 0.3) is 0 Å². The van der Waals surface area contributed by atoms with E-state index in [9.17, 15) is 0 Å². The molecule has 0 fully saturated rings. The molecule has 2 N–H and O–H groups in total. The van der Waals surface area contributed by atoms with Crippen molar-refractivity contribution in [1.82, 2.24) is 0 Å². The van der Waals surface area contributed by atoms with Gasteiger partial charge in [-0.15, -0.1) is 0 Å². The van der Waals surface area contributed by atoms with Crippen molar-refractivity contribution in [3.05, 3.63) is 0 Å². The second kappa shape index (κ2) is 18.8. The molecule has 0 unspecified atom stereocenters. The maximum atomic E-state index is 5.52. The normalized spacial score (nSPS) is 11.1. The number of ether oxygens (including phenoxy) is 3. The maximum absolute atomic E-state index is 5.52. The second-order valence-electron chi connectivity index (χ2n) is 5.10. The molecule has 0 aromatic rings. The Morgan fingerprint density at radius 2 is 1.00 bits per heavy atom. The van der Waals surface area contributed by atoms with Crippen molar-refractivity contribution in [3.8, 4) is 0 Å². The molecule has 0 amide bonds. The summed E-state index contributed by atoms with van der Waals surface area (Å²) in [6.07, 6.45) is 10.7. The summed E-state index contributed by atoms with van der Waals surface area (Å²) in [7, 11) is 0. The minimum absolute atomic E-state index is 0.571. The first-order valence-corrected chi connectivity index (χ1v) is 8.35. The molecule has 0 heterocycles. The van der Waals surface area contributed by atoms with E-state index >= 15 is 0 Å². The van der Waals surface area contributed by atoms with Gasteiger partial charge in [-0.2, -0.15) is 0 Å². The summed E-state index contributed by atoms with van der Waals surface area (Å²) in [5, 5.41) is 0. The third-order valence-electron chi connectivity index (χ3n) is 3.15. The highest BCUT2D eigenvalue weighted by Crippen LogP contribution is 2.08. The van der Waals surface area contributed by atoms with Crippen molar-refractivity contribution in [3.63, 3.8) is 0 Å². The van der Waals surface area contributed by atoms with E-state index in [1.165, 1.54) is 51.4 Å². The first-order chi connectivity index (χ1) is 9.91. The highest BCUT2D eigenvalue weighted by molar-refractivity contribution is 4.45. The molecule has 4 heteroatoms. The molecule has 0 aliphatic heterocycles. The molecule has 20 heavy (non-hydrogen) atoms. The van der Waals surface area contributed by atoms with Crippen molar-refractivity contribution in [2.45, 2.75) is 58.3 Å². The first kappa shape index (κ1) is 19.8. The lowest BCUT2D eigenvalue weighted by molar-refractivity contribution is 0.0153. The zero-order chi connectivity index (χ0) is 14.7. The minimum Gasteiger partial charge on any atom is -0.379 e. The van der Waals surface area contributed by atoms with Gasteiger partial charge in [0.05, 0.1) is 33.0 Å². The monoisotopic (exact) mass is 289 g/mol. The summed E-state index contributed by atoms with van der Waals surface area (Å²) >= 11 is 0. The Kier molecular flexibility index (Phi) is 18.7. The van der Waals surface area contributed by atoms with Crippen molar-refractivity contribution in [2.24, 2.45) is 5.73 Å². The molecule has 0 saturated heterocycles. The standard InChI is InChI=1S/C16H35NO3/c1-2-3-4-5-6-7-8-9-11-18-13-15-20-16-14-19-12-10-17/h2-17H2,1H3. The number of hydrogen-bond donors (Lipinski definition) is 1. The highest BCUT2D eigenvalue weighted by atomic mass is 16.5. The van der Waals surface area contributed by atoms with Gasteiger partial charge in [-0.3, -0.25) is 0 Å². The van der Waals surface area contributed by atoms with Crippen LogP contribution < -0.4 is 5.73 Å². The summed E-state index contributed by atoms with van der Waals surface area (Å²) in [5.74, 6) is 0. The maximum Gasteiger partial charge on any atom is 0.0701 e.